The van der Waals surface area contributed by atoms with Gasteiger partial charge >= 0.3 is 18.2 Å². The normalized spacial score (nSPS) is 20.6. The average Bonchev–Trinajstić information content (AvgIpc) is 3.53. The quantitative estimate of drug-likeness (QED) is 0.501. The molecule has 12 heteroatoms. The number of hydrogen-bond acceptors (Lipinski definition) is 5. The summed E-state index contributed by atoms with van der Waals surface area (Å²) >= 11 is 0. The molecule has 0 spiro atoms. The lowest BCUT2D eigenvalue weighted by atomic mass is 9.99. The van der Waals surface area contributed by atoms with Crippen LogP contribution in [-0.2, 0) is 40.4 Å². The molecule has 1 aromatic rings. The van der Waals surface area contributed by atoms with Crippen molar-refractivity contribution in [1.29, 1.82) is 0 Å². The van der Waals surface area contributed by atoms with Gasteiger partial charge in [0.25, 0.3) is 0 Å². The van der Waals surface area contributed by atoms with E-state index in [2.05, 4.69) is 25.8 Å². The van der Waals surface area contributed by atoms with Gasteiger partial charge in [-0.1, -0.05) is 12.1 Å². The van der Waals surface area contributed by atoms with E-state index in [9.17, 15) is 22.2 Å². The first-order chi connectivity index (χ1) is 16.0. The van der Waals surface area contributed by atoms with E-state index in [1.165, 1.54) is 34.7 Å². The molecule has 0 radical (unpaired) electrons. The zero-order chi connectivity index (χ0) is 24.9. The molecule has 0 aromatic heterocycles. The predicted molar refractivity (Wildman–Crippen MR) is 123 cm³/mol. The molecule has 1 fully saturated rings. The third-order valence-corrected chi connectivity index (χ3v) is 7.60. The zero-order valence-electron chi connectivity index (χ0n) is 18.8. The van der Waals surface area contributed by atoms with Crippen molar-refractivity contribution >= 4 is 27.6 Å². The Morgan fingerprint density at radius 3 is 2.21 bits per heavy atom. The summed E-state index contributed by atoms with van der Waals surface area (Å²) in [5.41, 5.74) is 6.19. The number of halogens is 3. The molecule has 4 N–H and O–H groups in total. The van der Waals surface area contributed by atoms with Crippen LogP contribution in [0.4, 0.5) is 23.7 Å². The van der Waals surface area contributed by atoms with Gasteiger partial charge in [0.05, 0.1) is 0 Å². The predicted octanol–water partition coefficient (Wildman–Crippen LogP) is 3.70. The number of amides is 2. The largest absolute Gasteiger partial charge is 0.490 e. The van der Waals surface area contributed by atoms with Crippen molar-refractivity contribution in [2.24, 2.45) is 4.36 Å². The number of nitrogens with one attached hydrogen (secondary N) is 3. The minimum atomic E-state index is -5.08. The Morgan fingerprint density at radius 1 is 1.15 bits per heavy atom. The number of aryl methyl sites for hydroxylation is 2. The number of carboxylic acids is 1. The highest BCUT2D eigenvalue weighted by molar-refractivity contribution is 7.95. The average molecular weight is 503 g/mol. The van der Waals surface area contributed by atoms with Gasteiger partial charge in [0, 0.05) is 24.2 Å². The molecular weight excluding hydrogens is 473 g/mol. The molecule has 2 atom stereocenters. The maximum Gasteiger partial charge on any atom is 0.490 e. The van der Waals surface area contributed by atoms with Crippen LogP contribution < -0.4 is 15.4 Å². The molecule has 1 saturated heterocycles. The topological polar surface area (TPSA) is 120 Å². The lowest BCUT2D eigenvalue weighted by molar-refractivity contribution is -0.192. The van der Waals surface area contributed by atoms with Crippen LogP contribution in [0.1, 0.15) is 47.9 Å². The van der Waals surface area contributed by atoms with E-state index in [0.717, 1.165) is 63.6 Å². The molecule has 1 aromatic carbocycles. The monoisotopic (exact) mass is 502 g/mol. The molecule has 1 aliphatic heterocycles. The first-order valence-electron chi connectivity index (χ1n) is 11.1. The number of carbonyl (C=O) groups excluding carboxylic acids is 1. The Morgan fingerprint density at radius 2 is 1.74 bits per heavy atom. The molecule has 2 aliphatic carbocycles. The van der Waals surface area contributed by atoms with Crippen molar-refractivity contribution in [2.45, 2.75) is 63.6 Å². The second kappa shape index (κ2) is 10.8. The standard InChI is InChI=1S/C20H28N4O2S.C2HF3O2/c1-21-27(26,12-10-16-7-4-11-22-16)24-20(25)23-19-17-8-2-5-14(17)13-15-6-3-9-18(15)19;3-2(4,5)1(6)7/h10,12-13,16,22H,2-9,11H2,1H3,(H2,21,23,24,25,26);(H,6,7)/b12-10+;/t16-,27?;/m1./s1. The molecule has 188 valence electrons. The van der Waals surface area contributed by atoms with E-state index in [4.69, 9.17) is 9.90 Å². The number of rotatable bonds is 4. The van der Waals surface area contributed by atoms with Crippen molar-refractivity contribution in [2.75, 3.05) is 18.9 Å². The third-order valence-electron chi connectivity index (χ3n) is 6.06. The van der Waals surface area contributed by atoms with Gasteiger partial charge in [-0.15, -0.1) is 0 Å². The van der Waals surface area contributed by atoms with E-state index >= 15 is 0 Å². The Hall–Kier alpha value is -2.60. The van der Waals surface area contributed by atoms with Gasteiger partial charge in [-0.25, -0.2) is 22.9 Å². The molecule has 1 heterocycles. The Kier molecular flexibility index (Phi) is 8.24. The van der Waals surface area contributed by atoms with Gasteiger partial charge in [-0.2, -0.15) is 13.2 Å². The molecule has 2 amide bonds. The summed E-state index contributed by atoms with van der Waals surface area (Å²) in [6.07, 6.45) is 5.33. The van der Waals surface area contributed by atoms with Gasteiger partial charge in [0.15, 0.2) is 9.92 Å². The van der Waals surface area contributed by atoms with Crippen LogP contribution in [0, 0.1) is 0 Å². The van der Waals surface area contributed by atoms with E-state index < -0.39 is 28.1 Å². The number of alkyl halides is 3. The van der Waals surface area contributed by atoms with Crippen molar-refractivity contribution in [3.05, 3.63) is 39.8 Å². The van der Waals surface area contributed by atoms with Crippen LogP contribution in [0.2, 0.25) is 0 Å². The van der Waals surface area contributed by atoms with Crippen molar-refractivity contribution in [3.8, 4) is 0 Å². The molecule has 34 heavy (non-hydrogen) atoms. The highest BCUT2D eigenvalue weighted by Crippen LogP contribution is 2.38. The molecular formula is C22H29F3N4O4S. The fourth-order valence-corrected chi connectivity index (χ4v) is 5.46. The zero-order valence-corrected chi connectivity index (χ0v) is 19.7. The van der Waals surface area contributed by atoms with Gasteiger partial charge in [0.2, 0.25) is 0 Å². The minimum absolute atomic E-state index is 0.207. The fourth-order valence-electron chi connectivity index (χ4n) is 4.46. The van der Waals surface area contributed by atoms with Crippen LogP contribution >= 0.6 is 0 Å². The number of carboxylic acid groups (broad SMARTS) is 1. The van der Waals surface area contributed by atoms with E-state index in [1.54, 1.807) is 0 Å². The Bertz CT molecular complexity index is 1060. The van der Waals surface area contributed by atoms with E-state index in [-0.39, 0.29) is 6.04 Å². The lowest BCUT2D eigenvalue weighted by Crippen LogP contribution is -2.34. The van der Waals surface area contributed by atoms with Crippen LogP contribution in [0.5, 0.6) is 0 Å². The first-order valence-corrected chi connectivity index (χ1v) is 12.7. The Balaban J connectivity index is 0.000000406. The molecule has 4 rings (SSSR count). The Labute approximate surface area is 196 Å². The number of urea groups is 1. The lowest BCUT2D eigenvalue weighted by Gasteiger charge is -2.17. The number of hydrogen-bond donors (Lipinski definition) is 4. The second-order valence-electron chi connectivity index (χ2n) is 8.38. The van der Waals surface area contributed by atoms with Crippen LogP contribution in [0.25, 0.3) is 0 Å². The molecule has 1 unspecified atom stereocenters. The number of carbonyl (C=O) groups is 2. The summed E-state index contributed by atoms with van der Waals surface area (Å²) in [7, 11) is -1.44. The van der Waals surface area contributed by atoms with Crippen molar-refractivity contribution in [1.82, 2.24) is 10.0 Å². The summed E-state index contributed by atoms with van der Waals surface area (Å²) in [4.78, 5) is 21.6. The van der Waals surface area contributed by atoms with E-state index in [1.807, 2.05) is 6.08 Å². The van der Waals surface area contributed by atoms with Gasteiger partial charge in [-0.3, -0.25) is 0 Å². The number of nitrogens with zero attached hydrogens (tertiary/aromatic N) is 1. The second-order valence-corrected chi connectivity index (χ2v) is 10.4. The maximum atomic E-state index is 12.9. The minimum Gasteiger partial charge on any atom is -0.475 e. The molecule has 0 bridgehead atoms. The molecule has 8 nitrogen and oxygen atoms in total. The smallest absolute Gasteiger partial charge is 0.475 e. The molecule has 0 saturated carbocycles. The summed E-state index contributed by atoms with van der Waals surface area (Å²) in [5.74, 6) is -2.76. The fraction of sp³-hybridized carbons (Fsp3) is 0.545. The van der Waals surface area contributed by atoms with Gasteiger partial charge < -0.3 is 15.7 Å². The number of aliphatic carboxylic acids is 1. The van der Waals surface area contributed by atoms with Crippen molar-refractivity contribution < 1.29 is 32.1 Å². The van der Waals surface area contributed by atoms with Crippen LogP contribution in [-0.4, -0.2) is 47.1 Å². The van der Waals surface area contributed by atoms with Crippen LogP contribution in [0.3, 0.4) is 0 Å². The number of benzene rings is 1. The number of anilines is 1. The number of fused-ring (bicyclic) bond motifs is 2. The summed E-state index contributed by atoms with van der Waals surface area (Å²) in [6.45, 7) is 0.970. The van der Waals surface area contributed by atoms with Gasteiger partial charge in [-0.05, 0) is 80.2 Å². The van der Waals surface area contributed by atoms with E-state index in [0.29, 0.717) is 0 Å². The highest BCUT2D eigenvalue weighted by Gasteiger charge is 2.38. The summed E-state index contributed by atoms with van der Waals surface area (Å²) in [5, 5.41) is 15.0. The maximum absolute atomic E-state index is 12.9. The third kappa shape index (κ3) is 6.50. The van der Waals surface area contributed by atoms with Crippen LogP contribution in [0.15, 0.2) is 21.9 Å². The van der Waals surface area contributed by atoms with Crippen molar-refractivity contribution in [3.63, 3.8) is 0 Å². The van der Waals surface area contributed by atoms with Gasteiger partial charge in [0.1, 0.15) is 0 Å². The molecule has 3 aliphatic rings. The summed E-state index contributed by atoms with van der Waals surface area (Å²) < 4.78 is 51.2. The first kappa shape index (κ1) is 26.0. The SMILES string of the molecule is CN=S(=O)(/C=C/[C@H]1CCCN1)NC(=O)Nc1c2c(cc3c1CCC3)CCC2.O=C(O)C(F)(F)F. The summed E-state index contributed by atoms with van der Waals surface area (Å²) in [6, 6.07) is 2.09. The highest BCUT2D eigenvalue weighted by atomic mass is 32.2.